The van der Waals surface area contributed by atoms with Crippen molar-refractivity contribution in [2.45, 2.75) is 19.6 Å². The fourth-order valence-corrected chi connectivity index (χ4v) is 2.71. The molecular weight excluding hydrogens is 354 g/mol. The molecule has 0 unspecified atom stereocenters. The average molecular weight is 375 g/mol. The molecule has 3 rings (SSSR count). The van der Waals surface area contributed by atoms with Crippen LogP contribution in [0.25, 0.3) is 0 Å². The Kier molecular flexibility index (Phi) is 6.36. The van der Waals surface area contributed by atoms with Crippen LogP contribution in [0.5, 0.6) is 0 Å². The molecule has 0 saturated heterocycles. The summed E-state index contributed by atoms with van der Waals surface area (Å²) in [7, 11) is 0. The molecule has 0 bridgehead atoms. The third-order valence-electron chi connectivity index (χ3n) is 4.16. The molecule has 28 heavy (non-hydrogen) atoms. The number of pyridine rings is 1. The van der Waals surface area contributed by atoms with E-state index in [1.54, 1.807) is 41.8 Å². The van der Waals surface area contributed by atoms with Crippen molar-refractivity contribution in [3.05, 3.63) is 102 Å². The smallest absolute Gasteiger partial charge is 0.254 e. The van der Waals surface area contributed by atoms with Crippen LogP contribution in [0, 0.1) is 0 Å². The first kappa shape index (κ1) is 19.1. The normalized spacial score (nSPS) is 10.3. The molecule has 0 fully saturated rings. The maximum absolute atomic E-state index is 13.1. The first-order valence-corrected chi connectivity index (χ1v) is 8.85. The number of benzene rings is 1. The van der Waals surface area contributed by atoms with Crippen LogP contribution in [-0.2, 0) is 24.4 Å². The van der Waals surface area contributed by atoms with Crippen LogP contribution >= 0.6 is 0 Å². The summed E-state index contributed by atoms with van der Waals surface area (Å²) in [6.45, 7) is 4.58. The summed E-state index contributed by atoms with van der Waals surface area (Å²) in [5, 5.41) is 2.71. The van der Waals surface area contributed by atoms with E-state index in [0.717, 1.165) is 11.1 Å². The van der Waals surface area contributed by atoms with Crippen molar-refractivity contribution in [2.75, 3.05) is 0 Å². The summed E-state index contributed by atoms with van der Waals surface area (Å²) in [5.74, 6) is 0.365. The van der Waals surface area contributed by atoms with Gasteiger partial charge in [-0.3, -0.25) is 14.6 Å². The second-order valence-electron chi connectivity index (χ2n) is 6.22. The van der Waals surface area contributed by atoms with Crippen molar-refractivity contribution in [3.63, 3.8) is 0 Å². The van der Waals surface area contributed by atoms with Crippen molar-refractivity contribution in [2.24, 2.45) is 0 Å². The molecule has 0 aliphatic heterocycles. The lowest BCUT2D eigenvalue weighted by Crippen LogP contribution is -2.30. The van der Waals surface area contributed by atoms with Gasteiger partial charge in [0.25, 0.3) is 5.91 Å². The Morgan fingerprint density at radius 1 is 1.07 bits per heavy atom. The van der Waals surface area contributed by atoms with E-state index in [9.17, 15) is 9.59 Å². The van der Waals surface area contributed by atoms with Crippen molar-refractivity contribution in [3.8, 4) is 0 Å². The molecule has 3 aromatic rings. The van der Waals surface area contributed by atoms with Crippen LogP contribution in [0.1, 0.15) is 27.2 Å². The van der Waals surface area contributed by atoms with Gasteiger partial charge in [-0.25, -0.2) is 0 Å². The standard InChI is InChI=1S/C22H21N3O3/c1-2-21(26)24-14-17-7-9-19(10-8-17)22(27)25(16-20-6-4-12-28-20)15-18-5-3-11-23-13-18/h2-13H,1,14-16H2,(H,24,26). The van der Waals surface area contributed by atoms with E-state index in [0.29, 0.717) is 31.0 Å². The van der Waals surface area contributed by atoms with Gasteiger partial charge in [-0.2, -0.15) is 0 Å². The van der Waals surface area contributed by atoms with Crippen LogP contribution in [0.4, 0.5) is 0 Å². The van der Waals surface area contributed by atoms with Crippen molar-refractivity contribution < 1.29 is 14.0 Å². The van der Waals surface area contributed by atoms with Crippen LogP contribution in [-0.4, -0.2) is 21.7 Å². The van der Waals surface area contributed by atoms with Gasteiger partial charge in [-0.1, -0.05) is 24.8 Å². The SMILES string of the molecule is C=CC(=O)NCc1ccc(C(=O)N(Cc2cccnc2)Cc2ccco2)cc1. The number of hydrogen-bond acceptors (Lipinski definition) is 4. The van der Waals surface area contributed by atoms with Gasteiger partial charge in [-0.15, -0.1) is 0 Å². The maximum atomic E-state index is 13.1. The van der Waals surface area contributed by atoms with E-state index in [4.69, 9.17) is 4.42 Å². The summed E-state index contributed by atoms with van der Waals surface area (Å²) in [6.07, 6.45) is 6.26. The Bertz CT molecular complexity index is 919. The van der Waals surface area contributed by atoms with Crippen LogP contribution in [0.2, 0.25) is 0 Å². The number of rotatable bonds is 8. The molecule has 2 aromatic heterocycles. The molecule has 2 heterocycles. The van der Waals surface area contributed by atoms with Crippen molar-refractivity contribution in [1.29, 1.82) is 0 Å². The zero-order chi connectivity index (χ0) is 19.8. The fraction of sp³-hybridized carbons (Fsp3) is 0.136. The molecule has 0 aliphatic carbocycles. The summed E-state index contributed by atoms with van der Waals surface area (Å²) in [5.41, 5.74) is 2.40. The van der Waals surface area contributed by atoms with Crippen LogP contribution in [0.15, 0.2) is 84.3 Å². The molecule has 0 radical (unpaired) electrons. The highest BCUT2D eigenvalue weighted by atomic mass is 16.3. The molecule has 0 aliphatic rings. The van der Waals surface area contributed by atoms with Crippen molar-refractivity contribution >= 4 is 11.8 Å². The molecule has 1 N–H and O–H groups in total. The van der Waals surface area contributed by atoms with Gasteiger partial charge in [0.15, 0.2) is 0 Å². The first-order chi connectivity index (χ1) is 13.7. The Morgan fingerprint density at radius 3 is 2.54 bits per heavy atom. The first-order valence-electron chi connectivity index (χ1n) is 8.85. The minimum Gasteiger partial charge on any atom is -0.467 e. The predicted molar refractivity (Wildman–Crippen MR) is 105 cm³/mol. The third kappa shape index (κ3) is 5.17. The van der Waals surface area contributed by atoms with E-state index < -0.39 is 0 Å². The highest BCUT2D eigenvalue weighted by Crippen LogP contribution is 2.15. The monoisotopic (exact) mass is 375 g/mol. The molecule has 142 valence electrons. The zero-order valence-corrected chi connectivity index (χ0v) is 15.4. The number of furan rings is 1. The molecular formula is C22H21N3O3. The van der Waals surface area contributed by atoms with E-state index >= 15 is 0 Å². The summed E-state index contributed by atoms with van der Waals surface area (Å²) < 4.78 is 5.41. The molecule has 6 heteroatoms. The van der Waals surface area contributed by atoms with Gasteiger partial charge in [0.2, 0.25) is 5.91 Å². The molecule has 2 amide bonds. The Morgan fingerprint density at radius 2 is 1.89 bits per heavy atom. The van der Waals surface area contributed by atoms with Gasteiger partial charge in [-0.05, 0) is 47.5 Å². The third-order valence-corrected chi connectivity index (χ3v) is 4.16. The average Bonchev–Trinajstić information content (AvgIpc) is 3.25. The summed E-state index contributed by atoms with van der Waals surface area (Å²) in [6, 6.07) is 14.6. The highest BCUT2D eigenvalue weighted by Gasteiger charge is 2.18. The predicted octanol–water partition coefficient (Wildman–Crippen LogP) is 3.32. The molecule has 6 nitrogen and oxygen atoms in total. The lowest BCUT2D eigenvalue weighted by molar-refractivity contribution is -0.116. The quantitative estimate of drug-likeness (QED) is 0.613. The van der Waals surface area contributed by atoms with Gasteiger partial charge < -0.3 is 14.6 Å². The zero-order valence-electron chi connectivity index (χ0n) is 15.4. The largest absolute Gasteiger partial charge is 0.467 e. The number of hydrogen-bond donors (Lipinski definition) is 1. The van der Waals surface area contributed by atoms with Crippen LogP contribution in [0.3, 0.4) is 0 Å². The fourth-order valence-electron chi connectivity index (χ4n) is 2.71. The molecule has 0 spiro atoms. The lowest BCUT2D eigenvalue weighted by Gasteiger charge is -2.22. The molecule has 0 atom stereocenters. The van der Waals surface area contributed by atoms with Crippen LogP contribution < -0.4 is 5.32 Å². The van der Waals surface area contributed by atoms with Gasteiger partial charge in [0.05, 0.1) is 12.8 Å². The van der Waals surface area contributed by atoms with Gasteiger partial charge >= 0.3 is 0 Å². The molecule has 1 aromatic carbocycles. The van der Waals surface area contributed by atoms with Gasteiger partial charge in [0, 0.05) is 31.0 Å². The van der Waals surface area contributed by atoms with Crippen molar-refractivity contribution in [1.82, 2.24) is 15.2 Å². The number of nitrogens with one attached hydrogen (secondary N) is 1. The topological polar surface area (TPSA) is 75.4 Å². The Labute approximate surface area is 163 Å². The van der Waals surface area contributed by atoms with E-state index in [-0.39, 0.29) is 11.8 Å². The number of carbonyl (C=O) groups excluding carboxylic acids is 2. The second-order valence-corrected chi connectivity index (χ2v) is 6.22. The Balaban J connectivity index is 1.74. The number of aromatic nitrogens is 1. The second kappa shape index (κ2) is 9.32. The maximum Gasteiger partial charge on any atom is 0.254 e. The number of carbonyl (C=O) groups is 2. The number of amides is 2. The summed E-state index contributed by atoms with van der Waals surface area (Å²) in [4.78, 5) is 30.2. The summed E-state index contributed by atoms with van der Waals surface area (Å²) >= 11 is 0. The minimum atomic E-state index is -0.235. The minimum absolute atomic E-state index is 0.109. The van der Waals surface area contributed by atoms with E-state index in [2.05, 4.69) is 16.9 Å². The Hall–Kier alpha value is -3.67. The molecule has 0 saturated carbocycles. The van der Waals surface area contributed by atoms with Gasteiger partial charge in [0.1, 0.15) is 5.76 Å². The number of nitrogens with zero attached hydrogens (tertiary/aromatic N) is 2. The lowest BCUT2D eigenvalue weighted by atomic mass is 10.1. The highest BCUT2D eigenvalue weighted by molar-refractivity contribution is 5.94. The van der Waals surface area contributed by atoms with E-state index in [1.165, 1.54) is 6.08 Å². The van der Waals surface area contributed by atoms with E-state index in [1.807, 2.05) is 30.3 Å².